The minimum Gasteiger partial charge on any atom is -0.309 e. The van der Waals surface area contributed by atoms with E-state index in [2.05, 4.69) is 46.9 Å². The zero-order chi connectivity index (χ0) is 13.3. The van der Waals surface area contributed by atoms with Gasteiger partial charge in [-0.3, -0.25) is 4.90 Å². The molecule has 4 heteroatoms. The average Bonchev–Trinajstić information content (AvgIpc) is 2.30. The van der Waals surface area contributed by atoms with Gasteiger partial charge in [-0.1, -0.05) is 6.07 Å². The van der Waals surface area contributed by atoms with E-state index in [0.717, 1.165) is 18.7 Å². The summed E-state index contributed by atoms with van der Waals surface area (Å²) >= 11 is 3.26. The molecule has 100 valence electrons. The lowest BCUT2D eigenvalue weighted by Gasteiger charge is -2.39. The molecule has 1 aliphatic rings. The number of nitrogens with one attached hydrogen (secondary N) is 1. The average molecular weight is 315 g/mol. The van der Waals surface area contributed by atoms with Crippen molar-refractivity contribution in [3.8, 4) is 0 Å². The van der Waals surface area contributed by atoms with Crippen LogP contribution in [0.15, 0.2) is 22.7 Å². The zero-order valence-corrected chi connectivity index (χ0v) is 12.7. The molecule has 3 unspecified atom stereocenters. The van der Waals surface area contributed by atoms with E-state index in [1.165, 1.54) is 6.07 Å². The fourth-order valence-electron chi connectivity index (χ4n) is 2.67. The van der Waals surface area contributed by atoms with Gasteiger partial charge in [0.05, 0.1) is 4.47 Å². The Bertz CT molecular complexity index is 414. The summed E-state index contributed by atoms with van der Waals surface area (Å²) < 4.78 is 13.8. The van der Waals surface area contributed by atoms with E-state index >= 15 is 0 Å². The Balaban J connectivity index is 2.14. The molecule has 0 aliphatic carbocycles. The van der Waals surface area contributed by atoms with Crippen LogP contribution in [0.2, 0.25) is 0 Å². The highest BCUT2D eigenvalue weighted by atomic mass is 79.9. The van der Waals surface area contributed by atoms with Crippen LogP contribution in [-0.4, -0.2) is 30.1 Å². The van der Waals surface area contributed by atoms with Gasteiger partial charge in [-0.15, -0.1) is 0 Å². The molecule has 0 spiro atoms. The maximum absolute atomic E-state index is 13.3. The molecule has 0 amide bonds. The summed E-state index contributed by atoms with van der Waals surface area (Å²) in [5.41, 5.74) is 1.16. The molecule has 0 saturated carbocycles. The summed E-state index contributed by atoms with van der Waals surface area (Å²) in [5.74, 6) is -0.201. The zero-order valence-electron chi connectivity index (χ0n) is 11.1. The summed E-state index contributed by atoms with van der Waals surface area (Å²) in [6.45, 7) is 8.65. The molecule has 18 heavy (non-hydrogen) atoms. The number of hydrogen-bond donors (Lipinski definition) is 1. The van der Waals surface area contributed by atoms with Crippen LogP contribution < -0.4 is 5.32 Å². The van der Waals surface area contributed by atoms with Gasteiger partial charge in [0, 0.05) is 31.2 Å². The number of piperazine rings is 1. The van der Waals surface area contributed by atoms with Crippen LogP contribution in [0.1, 0.15) is 32.4 Å². The van der Waals surface area contributed by atoms with Crippen LogP contribution in [0.5, 0.6) is 0 Å². The predicted molar refractivity (Wildman–Crippen MR) is 76.1 cm³/mol. The molecule has 0 aromatic heterocycles. The molecular weight excluding hydrogens is 295 g/mol. The second-order valence-corrected chi connectivity index (χ2v) is 6.13. The summed E-state index contributed by atoms with van der Waals surface area (Å²) in [6.07, 6.45) is 0. The summed E-state index contributed by atoms with van der Waals surface area (Å²) in [7, 11) is 0. The number of halogens is 2. The molecule has 1 aromatic rings. The Kier molecular flexibility index (Phi) is 4.41. The van der Waals surface area contributed by atoms with E-state index < -0.39 is 0 Å². The van der Waals surface area contributed by atoms with Crippen molar-refractivity contribution >= 4 is 15.9 Å². The van der Waals surface area contributed by atoms with Crippen molar-refractivity contribution in [3.05, 3.63) is 34.1 Å². The molecule has 1 aromatic carbocycles. The van der Waals surface area contributed by atoms with Crippen molar-refractivity contribution in [2.45, 2.75) is 38.9 Å². The van der Waals surface area contributed by atoms with Crippen LogP contribution in [0.3, 0.4) is 0 Å². The van der Waals surface area contributed by atoms with Gasteiger partial charge in [0.1, 0.15) is 5.82 Å². The second kappa shape index (κ2) is 5.68. The third-order valence-corrected chi connectivity index (χ3v) is 4.17. The van der Waals surface area contributed by atoms with Crippen molar-refractivity contribution in [2.75, 3.05) is 13.1 Å². The van der Waals surface area contributed by atoms with Crippen molar-refractivity contribution < 1.29 is 4.39 Å². The molecule has 1 aliphatic heterocycles. The van der Waals surface area contributed by atoms with Gasteiger partial charge >= 0.3 is 0 Å². The predicted octanol–water partition coefficient (Wildman–Crippen LogP) is 3.33. The summed E-state index contributed by atoms with van der Waals surface area (Å²) in [6, 6.07) is 6.61. The van der Waals surface area contributed by atoms with E-state index in [-0.39, 0.29) is 5.82 Å². The first-order valence-corrected chi connectivity index (χ1v) is 7.21. The fourth-order valence-corrected chi connectivity index (χ4v) is 3.06. The first kappa shape index (κ1) is 14.0. The maximum atomic E-state index is 13.3. The van der Waals surface area contributed by atoms with Gasteiger partial charge in [-0.05, 0) is 54.4 Å². The van der Waals surface area contributed by atoms with Gasteiger partial charge in [-0.25, -0.2) is 4.39 Å². The number of nitrogens with zero attached hydrogens (tertiary/aromatic N) is 1. The molecule has 3 atom stereocenters. The van der Waals surface area contributed by atoms with Crippen LogP contribution >= 0.6 is 15.9 Å². The normalized spacial score (nSPS) is 27.2. The molecule has 0 radical (unpaired) electrons. The smallest absolute Gasteiger partial charge is 0.137 e. The van der Waals surface area contributed by atoms with Crippen molar-refractivity contribution in [1.82, 2.24) is 10.2 Å². The SMILES string of the molecule is CC1CN(C(C)c2ccc(F)c(Br)c2)CC(C)N1. The molecule has 1 saturated heterocycles. The van der Waals surface area contributed by atoms with Gasteiger partial charge in [0.2, 0.25) is 0 Å². The quantitative estimate of drug-likeness (QED) is 0.900. The van der Waals surface area contributed by atoms with Crippen molar-refractivity contribution in [3.63, 3.8) is 0 Å². The lowest BCUT2D eigenvalue weighted by atomic mass is 10.0. The van der Waals surface area contributed by atoms with Gasteiger partial charge in [-0.2, -0.15) is 0 Å². The number of hydrogen-bond acceptors (Lipinski definition) is 2. The third-order valence-electron chi connectivity index (χ3n) is 3.56. The minimum absolute atomic E-state index is 0.201. The highest BCUT2D eigenvalue weighted by Crippen LogP contribution is 2.26. The molecule has 0 bridgehead atoms. The summed E-state index contributed by atoms with van der Waals surface area (Å²) in [4.78, 5) is 2.45. The molecule has 1 heterocycles. The molecule has 2 rings (SSSR count). The molecule has 2 nitrogen and oxygen atoms in total. The van der Waals surface area contributed by atoms with Gasteiger partial charge in [0.25, 0.3) is 0 Å². The Morgan fingerprint density at radius 1 is 1.33 bits per heavy atom. The number of benzene rings is 1. The molecule has 1 fully saturated rings. The van der Waals surface area contributed by atoms with E-state index in [1.54, 1.807) is 0 Å². The Labute approximate surface area is 117 Å². The first-order chi connectivity index (χ1) is 8.47. The van der Waals surface area contributed by atoms with Crippen LogP contribution in [0.4, 0.5) is 4.39 Å². The molecular formula is C14H20BrFN2. The monoisotopic (exact) mass is 314 g/mol. The summed E-state index contributed by atoms with van der Waals surface area (Å²) in [5, 5.41) is 3.53. The topological polar surface area (TPSA) is 15.3 Å². The van der Waals surface area contributed by atoms with Crippen LogP contribution in [0.25, 0.3) is 0 Å². The second-order valence-electron chi connectivity index (χ2n) is 5.27. The maximum Gasteiger partial charge on any atom is 0.137 e. The van der Waals surface area contributed by atoms with Gasteiger partial charge in [0.15, 0.2) is 0 Å². The largest absolute Gasteiger partial charge is 0.309 e. The highest BCUT2D eigenvalue weighted by Gasteiger charge is 2.25. The lowest BCUT2D eigenvalue weighted by Crippen LogP contribution is -2.54. The van der Waals surface area contributed by atoms with Crippen molar-refractivity contribution in [1.29, 1.82) is 0 Å². The first-order valence-electron chi connectivity index (χ1n) is 6.42. The Hall–Kier alpha value is -0.450. The number of rotatable bonds is 2. The minimum atomic E-state index is -0.201. The van der Waals surface area contributed by atoms with E-state index in [9.17, 15) is 4.39 Å². The van der Waals surface area contributed by atoms with Gasteiger partial charge < -0.3 is 5.32 Å². The Morgan fingerprint density at radius 3 is 2.50 bits per heavy atom. The Morgan fingerprint density at radius 2 is 1.94 bits per heavy atom. The standard InChI is InChI=1S/C14H20BrFN2/c1-9-7-18(8-10(2)17-9)11(3)12-4-5-14(16)13(15)6-12/h4-6,9-11,17H,7-8H2,1-3H3. The van der Waals surface area contributed by atoms with E-state index in [1.807, 2.05) is 12.1 Å². The van der Waals surface area contributed by atoms with E-state index in [4.69, 9.17) is 0 Å². The highest BCUT2D eigenvalue weighted by molar-refractivity contribution is 9.10. The lowest BCUT2D eigenvalue weighted by molar-refractivity contribution is 0.131. The van der Waals surface area contributed by atoms with Crippen LogP contribution in [0, 0.1) is 5.82 Å². The van der Waals surface area contributed by atoms with Crippen LogP contribution in [-0.2, 0) is 0 Å². The fraction of sp³-hybridized carbons (Fsp3) is 0.571. The molecule has 1 N–H and O–H groups in total. The third kappa shape index (κ3) is 3.11. The van der Waals surface area contributed by atoms with E-state index in [0.29, 0.717) is 22.6 Å². The van der Waals surface area contributed by atoms with Crippen molar-refractivity contribution in [2.24, 2.45) is 0 Å².